The second-order valence-electron chi connectivity index (χ2n) is 6.56. The number of halogens is 1. The number of guanidine groups is 1. The number of hydrogen-bond acceptors (Lipinski definition) is 3. The van der Waals surface area contributed by atoms with Crippen LogP contribution in [0.25, 0.3) is 0 Å². The van der Waals surface area contributed by atoms with Gasteiger partial charge in [0.2, 0.25) is 5.91 Å². The summed E-state index contributed by atoms with van der Waals surface area (Å²) in [6.45, 7) is 2.44. The van der Waals surface area contributed by atoms with Crippen molar-refractivity contribution in [2.45, 2.75) is 25.0 Å². The Labute approximate surface area is 182 Å². The van der Waals surface area contributed by atoms with E-state index in [1.165, 1.54) is 0 Å². The van der Waals surface area contributed by atoms with Crippen molar-refractivity contribution in [3.05, 3.63) is 35.9 Å². The molecule has 1 atom stereocenters. The van der Waals surface area contributed by atoms with E-state index in [4.69, 9.17) is 0 Å². The summed E-state index contributed by atoms with van der Waals surface area (Å²) in [5.74, 6) is 2.61. The van der Waals surface area contributed by atoms with Crippen molar-refractivity contribution < 1.29 is 9.00 Å². The van der Waals surface area contributed by atoms with Crippen molar-refractivity contribution in [2.75, 3.05) is 39.5 Å². The lowest BCUT2D eigenvalue weighted by molar-refractivity contribution is -0.121. The molecular formula is C19H31IN4O2S. The van der Waals surface area contributed by atoms with Gasteiger partial charge in [-0.15, -0.1) is 24.0 Å². The highest BCUT2D eigenvalue weighted by atomic mass is 127. The molecular weight excluding hydrogens is 475 g/mol. The number of piperidine rings is 1. The van der Waals surface area contributed by atoms with Gasteiger partial charge in [-0.2, -0.15) is 0 Å². The lowest BCUT2D eigenvalue weighted by atomic mass is 9.93. The van der Waals surface area contributed by atoms with Gasteiger partial charge >= 0.3 is 0 Å². The quantitative estimate of drug-likeness (QED) is 0.337. The van der Waals surface area contributed by atoms with Crippen LogP contribution in [0.2, 0.25) is 0 Å². The number of carbonyl (C=O) groups is 1. The molecule has 27 heavy (non-hydrogen) atoms. The molecule has 6 nitrogen and oxygen atoms in total. The molecule has 1 fully saturated rings. The number of likely N-dealkylation sites (tertiary alicyclic amines) is 1. The molecule has 0 aliphatic carbocycles. The van der Waals surface area contributed by atoms with Gasteiger partial charge in [-0.05, 0) is 24.3 Å². The average Bonchev–Trinajstić information content (AvgIpc) is 2.67. The van der Waals surface area contributed by atoms with Gasteiger partial charge in [-0.25, -0.2) is 0 Å². The first-order valence-electron chi connectivity index (χ1n) is 9.17. The lowest BCUT2D eigenvalue weighted by Gasteiger charge is -2.34. The maximum atomic E-state index is 12.2. The van der Waals surface area contributed by atoms with Crippen molar-refractivity contribution in [1.29, 1.82) is 0 Å². The molecule has 1 aromatic carbocycles. The van der Waals surface area contributed by atoms with E-state index in [0.717, 1.165) is 37.5 Å². The molecule has 1 aliphatic rings. The Hall–Kier alpha value is -1.16. The third kappa shape index (κ3) is 8.59. The molecule has 1 saturated heterocycles. The minimum absolute atomic E-state index is 0. The Kier molecular flexibility index (Phi) is 11.6. The topological polar surface area (TPSA) is 73.8 Å². The maximum Gasteiger partial charge on any atom is 0.220 e. The fourth-order valence-electron chi connectivity index (χ4n) is 3.15. The number of nitrogens with zero attached hydrogens (tertiary/aromatic N) is 2. The second kappa shape index (κ2) is 13.1. The van der Waals surface area contributed by atoms with Gasteiger partial charge in [0.15, 0.2) is 5.96 Å². The van der Waals surface area contributed by atoms with Gasteiger partial charge in [-0.1, -0.05) is 30.3 Å². The standard InChI is InChI=1S/C19H30N4O2S.HI/c1-20-18(24)14-16-8-11-23(12-9-16)19(21-2)22-10-13-26(25)15-17-6-4-3-5-7-17;/h3-7,16H,8-15H2,1-2H3,(H,20,24)(H,21,22);1H. The van der Waals surface area contributed by atoms with Crippen molar-refractivity contribution in [3.63, 3.8) is 0 Å². The van der Waals surface area contributed by atoms with E-state index in [1.54, 1.807) is 14.1 Å². The van der Waals surface area contributed by atoms with Gasteiger partial charge in [0.25, 0.3) is 0 Å². The van der Waals surface area contributed by atoms with Crippen LogP contribution in [0.4, 0.5) is 0 Å². The molecule has 2 rings (SSSR count). The lowest BCUT2D eigenvalue weighted by Crippen LogP contribution is -2.46. The highest BCUT2D eigenvalue weighted by Gasteiger charge is 2.22. The monoisotopic (exact) mass is 506 g/mol. The highest BCUT2D eigenvalue weighted by molar-refractivity contribution is 14.0. The number of nitrogens with one attached hydrogen (secondary N) is 2. The molecule has 1 amide bonds. The largest absolute Gasteiger partial charge is 0.359 e. The Morgan fingerprint density at radius 3 is 2.52 bits per heavy atom. The molecule has 0 saturated carbocycles. The summed E-state index contributed by atoms with van der Waals surface area (Å²) in [5.41, 5.74) is 1.11. The minimum atomic E-state index is -0.888. The van der Waals surface area contributed by atoms with Gasteiger partial charge in [0, 0.05) is 62.5 Å². The van der Waals surface area contributed by atoms with E-state index in [9.17, 15) is 9.00 Å². The second-order valence-corrected chi connectivity index (χ2v) is 8.13. The highest BCUT2D eigenvalue weighted by Crippen LogP contribution is 2.20. The fourth-order valence-corrected chi connectivity index (χ4v) is 4.19. The third-order valence-electron chi connectivity index (χ3n) is 4.66. The zero-order valence-corrected chi connectivity index (χ0v) is 19.3. The van der Waals surface area contributed by atoms with Crippen molar-refractivity contribution in [1.82, 2.24) is 15.5 Å². The summed E-state index contributed by atoms with van der Waals surface area (Å²) in [4.78, 5) is 18.1. The van der Waals surface area contributed by atoms with Crippen LogP contribution in [0.15, 0.2) is 35.3 Å². The number of rotatable bonds is 7. The van der Waals surface area contributed by atoms with E-state index >= 15 is 0 Å². The Bertz CT molecular complexity index is 619. The van der Waals surface area contributed by atoms with Gasteiger partial charge < -0.3 is 15.5 Å². The summed E-state index contributed by atoms with van der Waals surface area (Å²) < 4.78 is 12.2. The number of hydrogen-bond donors (Lipinski definition) is 2. The van der Waals surface area contributed by atoms with Crippen LogP contribution < -0.4 is 10.6 Å². The fraction of sp³-hybridized carbons (Fsp3) is 0.579. The summed E-state index contributed by atoms with van der Waals surface area (Å²) in [6, 6.07) is 9.93. The van der Waals surface area contributed by atoms with Crippen LogP contribution in [0, 0.1) is 5.92 Å². The molecule has 1 aliphatic heterocycles. The van der Waals surface area contributed by atoms with Crippen molar-refractivity contribution >= 4 is 46.6 Å². The summed E-state index contributed by atoms with van der Waals surface area (Å²) in [7, 11) is 2.57. The van der Waals surface area contributed by atoms with Crippen LogP contribution in [-0.4, -0.2) is 60.5 Å². The first kappa shape index (κ1) is 23.9. The first-order chi connectivity index (χ1) is 12.6. The zero-order valence-electron chi connectivity index (χ0n) is 16.1. The summed E-state index contributed by atoms with van der Waals surface area (Å²) in [6.07, 6.45) is 2.59. The minimum Gasteiger partial charge on any atom is -0.359 e. The number of aliphatic imine (C=N–C) groups is 1. The molecule has 1 aromatic rings. The molecule has 0 bridgehead atoms. The van der Waals surface area contributed by atoms with Crippen LogP contribution in [0.3, 0.4) is 0 Å². The molecule has 2 N–H and O–H groups in total. The molecule has 8 heteroatoms. The first-order valence-corrected chi connectivity index (χ1v) is 10.7. The van der Waals surface area contributed by atoms with Crippen LogP contribution in [-0.2, 0) is 21.3 Å². The van der Waals surface area contributed by atoms with Gasteiger partial charge in [-0.3, -0.25) is 14.0 Å². The number of carbonyl (C=O) groups excluding carboxylic acids is 1. The average molecular weight is 506 g/mol. The number of amides is 1. The van der Waals surface area contributed by atoms with Crippen molar-refractivity contribution in [3.8, 4) is 0 Å². The molecule has 1 unspecified atom stereocenters. The molecule has 0 spiro atoms. The Balaban J connectivity index is 0.00000364. The smallest absolute Gasteiger partial charge is 0.220 e. The maximum absolute atomic E-state index is 12.2. The predicted octanol–water partition coefficient (Wildman–Crippen LogP) is 1.98. The predicted molar refractivity (Wildman–Crippen MR) is 123 cm³/mol. The normalized spacial score (nSPS) is 16.4. The van der Waals surface area contributed by atoms with E-state index < -0.39 is 10.8 Å². The van der Waals surface area contributed by atoms with Gasteiger partial charge in [0.1, 0.15) is 0 Å². The Morgan fingerprint density at radius 2 is 1.93 bits per heavy atom. The molecule has 0 aromatic heterocycles. The number of benzene rings is 1. The molecule has 152 valence electrons. The van der Waals surface area contributed by atoms with Crippen LogP contribution >= 0.6 is 24.0 Å². The van der Waals surface area contributed by atoms with Crippen LogP contribution in [0.1, 0.15) is 24.8 Å². The molecule has 1 heterocycles. The third-order valence-corrected chi connectivity index (χ3v) is 5.98. The molecule has 0 radical (unpaired) electrons. The zero-order chi connectivity index (χ0) is 18.8. The van der Waals surface area contributed by atoms with E-state index in [0.29, 0.717) is 30.4 Å². The van der Waals surface area contributed by atoms with E-state index in [1.807, 2.05) is 30.3 Å². The van der Waals surface area contributed by atoms with E-state index in [2.05, 4.69) is 20.5 Å². The van der Waals surface area contributed by atoms with E-state index in [-0.39, 0.29) is 29.9 Å². The van der Waals surface area contributed by atoms with Gasteiger partial charge in [0.05, 0.1) is 0 Å². The SMILES string of the molecule is CN=C(NCCS(=O)Cc1ccccc1)N1CCC(CC(=O)NC)CC1.I. The van der Waals surface area contributed by atoms with Crippen molar-refractivity contribution in [2.24, 2.45) is 10.9 Å². The Morgan fingerprint density at radius 1 is 1.26 bits per heavy atom. The summed E-state index contributed by atoms with van der Waals surface area (Å²) in [5, 5.41) is 6.02. The summed E-state index contributed by atoms with van der Waals surface area (Å²) >= 11 is 0. The van der Waals surface area contributed by atoms with Crippen LogP contribution in [0.5, 0.6) is 0 Å².